The van der Waals surface area contributed by atoms with E-state index in [1.165, 1.54) is 69.0 Å². The molecule has 262 valence electrons. The second-order valence-corrected chi connectivity index (χ2v) is 11.9. The lowest BCUT2D eigenvalue weighted by Crippen LogP contribution is -2.05. The van der Waals surface area contributed by atoms with Crippen LogP contribution < -0.4 is 9.47 Å². The lowest BCUT2D eigenvalue weighted by atomic mass is 10.1. The number of carboxylic acid groups (broad SMARTS) is 3. The Kier molecular flexibility index (Phi) is 16.5. The molecular formula is C39H48N2O8. The van der Waals surface area contributed by atoms with E-state index in [9.17, 15) is 29.7 Å². The highest BCUT2D eigenvalue weighted by Crippen LogP contribution is 2.30. The second-order valence-electron chi connectivity index (χ2n) is 11.9. The molecular weight excluding hydrogens is 624 g/mol. The second kappa shape index (κ2) is 21.1. The van der Waals surface area contributed by atoms with Gasteiger partial charge in [0, 0.05) is 23.6 Å². The van der Waals surface area contributed by atoms with Crippen LogP contribution in [0.25, 0.3) is 0 Å². The molecule has 3 aromatic carbocycles. The van der Waals surface area contributed by atoms with Crippen molar-refractivity contribution in [3.8, 4) is 11.5 Å². The molecule has 3 aromatic rings. The van der Waals surface area contributed by atoms with E-state index in [0.29, 0.717) is 41.5 Å². The normalized spacial score (nSPS) is 11.3. The Balaban J connectivity index is 1.97. The van der Waals surface area contributed by atoms with Gasteiger partial charge in [-0.25, -0.2) is 14.4 Å². The summed E-state index contributed by atoms with van der Waals surface area (Å²) in [5.74, 6) is -2.47. The van der Waals surface area contributed by atoms with Crippen molar-refractivity contribution < 1.29 is 39.2 Å². The predicted molar refractivity (Wildman–Crippen MR) is 192 cm³/mol. The van der Waals surface area contributed by atoms with Crippen molar-refractivity contribution in [2.75, 3.05) is 13.2 Å². The smallest absolute Gasteiger partial charge is 0.335 e. The number of carbonyl (C=O) groups is 3. The molecule has 0 saturated carbocycles. The highest BCUT2D eigenvalue weighted by Gasteiger charge is 2.14. The largest absolute Gasteiger partial charge is 0.493 e. The van der Waals surface area contributed by atoms with Crippen molar-refractivity contribution in [2.45, 2.75) is 90.9 Å². The number of carboxylic acids is 3. The minimum absolute atomic E-state index is 0.167. The van der Waals surface area contributed by atoms with Crippen molar-refractivity contribution in [2.24, 2.45) is 9.98 Å². The number of hydrogen-bond donors (Lipinski definition) is 3. The third-order valence-corrected chi connectivity index (χ3v) is 7.88. The number of unbranched alkanes of at least 4 members (excludes halogenated alkanes) is 10. The van der Waals surface area contributed by atoms with Crippen LogP contribution in [0, 0.1) is 0 Å². The molecule has 0 aliphatic carbocycles. The fourth-order valence-corrected chi connectivity index (χ4v) is 5.08. The topological polar surface area (TPSA) is 155 Å². The van der Waals surface area contributed by atoms with Crippen molar-refractivity contribution in [1.29, 1.82) is 0 Å². The summed E-state index contributed by atoms with van der Waals surface area (Å²) in [7, 11) is 0. The summed E-state index contributed by atoms with van der Waals surface area (Å²) >= 11 is 0. The van der Waals surface area contributed by atoms with E-state index < -0.39 is 17.9 Å². The van der Waals surface area contributed by atoms with Crippen molar-refractivity contribution in [3.63, 3.8) is 0 Å². The molecule has 0 fully saturated rings. The van der Waals surface area contributed by atoms with Gasteiger partial charge in [-0.05, 0) is 67.4 Å². The number of rotatable bonds is 23. The van der Waals surface area contributed by atoms with Gasteiger partial charge in [-0.1, -0.05) is 78.1 Å². The first-order valence-electron chi connectivity index (χ1n) is 17.2. The van der Waals surface area contributed by atoms with Gasteiger partial charge < -0.3 is 24.8 Å². The lowest BCUT2D eigenvalue weighted by molar-refractivity contribution is 0.0682. The van der Waals surface area contributed by atoms with E-state index in [4.69, 9.17) is 9.47 Å². The number of nitrogens with zero attached hydrogens (tertiary/aromatic N) is 2. The summed E-state index contributed by atoms with van der Waals surface area (Å²) in [6.45, 7) is 5.31. The van der Waals surface area contributed by atoms with Crippen LogP contribution in [0.1, 0.15) is 133 Å². The average Bonchev–Trinajstić information content (AvgIpc) is 3.09. The molecule has 0 heterocycles. The molecule has 0 amide bonds. The van der Waals surface area contributed by atoms with Crippen LogP contribution in [0.4, 0.5) is 11.4 Å². The third kappa shape index (κ3) is 13.6. The number of hydrogen-bond acceptors (Lipinski definition) is 7. The molecule has 0 unspecified atom stereocenters. The molecule has 10 heteroatoms. The fourth-order valence-electron chi connectivity index (χ4n) is 5.08. The number of aliphatic imine (C=N–C) groups is 2. The van der Waals surface area contributed by atoms with Gasteiger partial charge in [0.15, 0.2) is 0 Å². The molecule has 3 N–H and O–H groups in total. The van der Waals surface area contributed by atoms with Crippen molar-refractivity contribution in [1.82, 2.24) is 0 Å². The number of ether oxygens (including phenoxy) is 2. The van der Waals surface area contributed by atoms with Gasteiger partial charge in [-0.3, -0.25) is 9.98 Å². The first kappa shape index (κ1) is 38.5. The molecule has 0 aromatic heterocycles. The Bertz CT molecular complexity index is 1550. The standard InChI is InChI=1S/C39H48N2O8/c1-3-5-7-9-11-13-19-48-35-25-32(27-41-34-22-29(38(44)45)21-30(23-34)39(46)47)36(49-20-14-12-10-8-6-4-2)24-31(35)26-40-33-17-15-28(16-18-33)37(42)43/h15-18,21-27H,3-14,19-20H2,1-2H3,(H,42,43)(H,44,45)(H,46,47). The van der Waals surface area contributed by atoms with E-state index in [0.717, 1.165) is 44.6 Å². The van der Waals surface area contributed by atoms with Crippen LogP contribution in [0.2, 0.25) is 0 Å². The van der Waals surface area contributed by atoms with E-state index in [-0.39, 0.29) is 22.4 Å². The summed E-state index contributed by atoms with van der Waals surface area (Å²) in [6, 6.07) is 13.6. The monoisotopic (exact) mass is 672 g/mol. The molecule has 3 rings (SSSR count). The van der Waals surface area contributed by atoms with Crippen LogP contribution in [0.3, 0.4) is 0 Å². The molecule has 0 spiro atoms. The van der Waals surface area contributed by atoms with E-state index in [2.05, 4.69) is 23.8 Å². The summed E-state index contributed by atoms with van der Waals surface area (Å²) < 4.78 is 12.5. The Morgan fingerprint density at radius 3 is 1.37 bits per heavy atom. The van der Waals surface area contributed by atoms with Gasteiger partial charge in [-0.2, -0.15) is 0 Å². The first-order valence-corrected chi connectivity index (χ1v) is 17.2. The van der Waals surface area contributed by atoms with E-state index >= 15 is 0 Å². The van der Waals surface area contributed by atoms with Crippen LogP contribution in [-0.2, 0) is 0 Å². The molecule has 0 aliphatic heterocycles. The molecule has 0 bridgehead atoms. The minimum Gasteiger partial charge on any atom is -0.493 e. The Hall–Kier alpha value is -4.99. The van der Waals surface area contributed by atoms with Gasteiger partial charge in [0.2, 0.25) is 0 Å². The van der Waals surface area contributed by atoms with Gasteiger partial charge in [0.05, 0.1) is 41.3 Å². The first-order chi connectivity index (χ1) is 23.7. The average molecular weight is 673 g/mol. The Morgan fingerprint density at radius 2 is 0.939 bits per heavy atom. The van der Waals surface area contributed by atoms with Crippen LogP contribution in [0.15, 0.2) is 64.6 Å². The van der Waals surface area contributed by atoms with Crippen molar-refractivity contribution >= 4 is 41.7 Å². The van der Waals surface area contributed by atoms with Crippen LogP contribution in [-0.4, -0.2) is 58.9 Å². The highest BCUT2D eigenvalue weighted by molar-refractivity contribution is 5.96. The Labute approximate surface area is 288 Å². The van der Waals surface area contributed by atoms with Gasteiger partial charge in [0.25, 0.3) is 0 Å². The van der Waals surface area contributed by atoms with Crippen LogP contribution >= 0.6 is 0 Å². The lowest BCUT2D eigenvalue weighted by Gasteiger charge is -2.15. The molecule has 0 atom stereocenters. The molecule has 0 radical (unpaired) electrons. The Morgan fingerprint density at radius 1 is 0.531 bits per heavy atom. The molecule has 49 heavy (non-hydrogen) atoms. The maximum absolute atomic E-state index is 11.7. The maximum Gasteiger partial charge on any atom is 0.335 e. The number of benzene rings is 3. The van der Waals surface area contributed by atoms with Gasteiger partial charge >= 0.3 is 17.9 Å². The third-order valence-electron chi connectivity index (χ3n) is 7.88. The summed E-state index contributed by atoms with van der Waals surface area (Å²) in [6.07, 6.45) is 16.4. The molecule has 0 saturated heterocycles. The maximum atomic E-state index is 11.7. The van der Waals surface area contributed by atoms with E-state index in [1.807, 2.05) is 6.07 Å². The molecule has 0 aliphatic rings. The predicted octanol–water partition coefficient (Wildman–Crippen LogP) is 9.76. The highest BCUT2D eigenvalue weighted by atomic mass is 16.5. The summed E-state index contributed by atoms with van der Waals surface area (Å²) in [5.41, 5.74) is 1.77. The fraction of sp³-hybridized carbons (Fsp3) is 0.410. The minimum atomic E-state index is -1.26. The molecule has 10 nitrogen and oxygen atoms in total. The van der Waals surface area contributed by atoms with E-state index in [1.54, 1.807) is 24.4 Å². The SMILES string of the molecule is CCCCCCCCOc1cc(C=Nc2cc(C(=O)O)cc(C(=O)O)c2)c(OCCCCCCCC)cc1C=Nc1ccc(C(=O)O)cc1. The van der Waals surface area contributed by atoms with Crippen molar-refractivity contribution in [3.05, 3.63) is 82.4 Å². The van der Waals surface area contributed by atoms with Crippen LogP contribution in [0.5, 0.6) is 11.5 Å². The van der Waals surface area contributed by atoms with Gasteiger partial charge in [-0.15, -0.1) is 0 Å². The van der Waals surface area contributed by atoms with Gasteiger partial charge in [0.1, 0.15) is 11.5 Å². The zero-order chi connectivity index (χ0) is 35.4. The quantitative estimate of drug-likeness (QED) is 0.0664. The number of aromatic carboxylic acids is 3. The summed E-state index contributed by atoms with van der Waals surface area (Å²) in [4.78, 5) is 43.6. The zero-order valence-corrected chi connectivity index (χ0v) is 28.5. The zero-order valence-electron chi connectivity index (χ0n) is 28.5. The summed E-state index contributed by atoms with van der Waals surface area (Å²) in [5, 5.41) is 28.3.